The van der Waals surface area contributed by atoms with Crippen molar-refractivity contribution >= 4 is 27.3 Å². The third-order valence-electron chi connectivity index (χ3n) is 4.75. The van der Waals surface area contributed by atoms with Crippen LogP contribution in [0.2, 0.25) is 0 Å². The van der Waals surface area contributed by atoms with Gasteiger partial charge in [-0.05, 0) is 25.1 Å². The van der Waals surface area contributed by atoms with Gasteiger partial charge in [-0.15, -0.1) is 0 Å². The topological polar surface area (TPSA) is 127 Å². The number of hydrogen-bond donors (Lipinski definition) is 4. The van der Waals surface area contributed by atoms with E-state index >= 15 is 0 Å². The third kappa shape index (κ3) is 4.01. The lowest BCUT2D eigenvalue weighted by atomic mass is 10.1. The number of sulfonamides is 1. The highest BCUT2D eigenvalue weighted by molar-refractivity contribution is 7.89. The van der Waals surface area contributed by atoms with Crippen molar-refractivity contribution in [3.8, 4) is 0 Å². The number of carbonyl (C=O) groups excluding carboxylic acids is 1. The van der Waals surface area contributed by atoms with Crippen LogP contribution in [0.3, 0.4) is 0 Å². The molecule has 0 unspecified atom stereocenters. The molecule has 1 aliphatic rings. The largest absolute Gasteiger partial charge is 0.368 e. The van der Waals surface area contributed by atoms with Gasteiger partial charge in [0.25, 0.3) is 5.91 Å². The fourth-order valence-electron chi connectivity index (χ4n) is 3.18. The summed E-state index contributed by atoms with van der Waals surface area (Å²) in [6.07, 6.45) is 0. The summed E-state index contributed by atoms with van der Waals surface area (Å²) in [5, 5.41) is 18.2. The number of piperazine rings is 1. The molecule has 0 bridgehead atoms. The van der Waals surface area contributed by atoms with Gasteiger partial charge in [0.15, 0.2) is 5.69 Å². The SMILES string of the molecule is Cc1ccc(S(=O)(=O)N2CCN(c3ccc([NH2+]O)cc3C(=O)NO)CC2)cc1. The summed E-state index contributed by atoms with van der Waals surface area (Å²) in [7, 11) is -3.58. The molecule has 1 saturated heterocycles. The summed E-state index contributed by atoms with van der Waals surface area (Å²) in [6, 6.07) is 11.5. The van der Waals surface area contributed by atoms with Crippen LogP contribution < -0.4 is 15.9 Å². The number of hydrogen-bond acceptors (Lipinski definition) is 6. The van der Waals surface area contributed by atoms with Crippen molar-refractivity contribution < 1.29 is 29.1 Å². The van der Waals surface area contributed by atoms with Crippen molar-refractivity contribution in [2.75, 3.05) is 31.1 Å². The van der Waals surface area contributed by atoms with Crippen molar-refractivity contribution in [2.45, 2.75) is 11.8 Å². The first-order chi connectivity index (χ1) is 13.4. The Labute approximate surface area is 163 Å². The number of benzene rings is 2. The van der Waals surface area contributed by atoms with Crippen LogP contribution >= 0.6 is 0 Å². The Morgan fingerprint density at radius 1 is 1.07 bits per heavy atom. The van der Waals surface area contributed by atoms with Crippen molar-refractivity contribution in [3.63, 3.8) is 0 Å². The van der Waals surface area contributed by atoms with Crippen LogP contribution in [0.4, 0.5) is 11.4 Å². The van der Waals surface area contributed by atoms with Crippen molar-refractivity contribution in [2.24, 2.45) is 0 Å². The number of nitrogens with two attached hydrogens (primary N) is 1. The molecule has 1 heterocycles. The smallest absolute Gasteiger partial charge is 0.276 e. The van der Waals surface area contributed by atoms with Gasteiger partial charge in [-0.25, -0.2) is 19.1 Å². The first-order valence-electron chi connectivity index (χ1n) is 8.74. The highest BCUT2D eigenvalue weighted by Gasteiger charge is 2.30. The van der Waals surface area contributed by atoms with E-state index in [-0.39, 0.29) is 23.5 Å². The summed E-state index contributed by atoms with van der Waals surface area (Å²) in [5.41, 5.74) is 4.63. The Bertz CT molecular complexity index is 954. The Hall–Kier alpha value is -2.50. The molecule has 2 aromatic carbocycles. The standard InChI is InChI=1S/C18H22N4O5S/c1-13-2-5-15(6-3-13)28(26,27)22-10-8-21(9-11-22)17-7-4-14(19-24)12-16(17)18(23)20-25/h2-7,12,19,24-25H,8-11H2,1H3,(H,20,23)/p+1. The Balaban J connectivity index is 1.79. The number of anilines is 1. The molecule has 1 amide bonds. The predicted octanol–water partition coefficient (Wildman–Crippen LogP) is 0.209. The van der Waals surface area contributed by atoms with Gasteiger partial charge in [0.05, 0.1) is 16.1 Å². The lowest BCUT2D eigenvalue weighted by molar-refractivity contribution is -0.825. The molecule has 28 heavy (non-hydrogen) atoms. The van der Waals surface area contributed by atoms with Crippen LogP contribution in [0.15, 0.2) is 47.4 Å². The fourth-order valence-corrected chi connectivity index (χ4v) is 4.60. The van der Waals surface area contributed by atoms with Gasteiger partial charge < -0.3 is 4.90 Å². The minimum atomic E-state index is -3.58. The molecule has 0 radical (unpaired) electrons. The maximum absolute atomic E-state index is 12.8. The van der Waals surface area contributed by atoms with Crippen molar-refractivity contribution in [3.05, 3.63) is 53.6 Å². The van der Waals surface area contributed by atoms with Gasteiger partial charge in [0.2, 0.25) is 10.0 Å². The van der Waals surface area contributed by atoms with Crippen molar-refractivity contribution in [1.29, 1.82) is 0 Å². The number of quaternary nitrogens is 1. The van der Waals surface area contributed by atoms with E-state index in [2.05, 4.69) is 0 Å². The number of hydroxylamine groups is 1. The van der Waals surface area contributed by atoms with Gasteiger partial charge in [-0.2, -0.15) is 9.79 Å². The maximum atomic E-state index is 12.8. The Morgan fingerprint density at radius 3 is 2.29 bits per heavy atom. The third-order valence-corrected chi connectivity index (χ3v) is 6.67. The minimum Gasteiger partial charge on any atom is -0.368 e. The lowest BCUT2D eigenvalue weighted by Crippen LogP contribution is -2.73. The zero-order valence-corrected chi connectivity index (χ0v) is 16.2. The highest BCUT2D eigenvalue weighted by atomic mass is 32.2. The molecule has 0 spiro atoms. The molecule has 2 aromatic rings. The monoisotopic (exact) mass is 407 g/mol. The number of nitrogens with one attached hydrogen (secondary N) is 1. The number of rotatable bonds is 5. The maximum Gasteiger partial charge on any atom is 0.276 e. The van der Waals surface area contributed by atoms with Crippen LogP contribution in [-0.4, -0.2) is 55.2 Å². The molecule has 1 aliphatic heterocycles. The first kappa shape index (κ1) is 20.2. The van der Waals surface area contributed by atoms with Gasteiger partial charge >= 0.3 is 0 Å². The normalized spacial score (nSPS) is 15.5. The van der Waals surface area contributed by atoms with E-state index in [0.29, 0.717) is 24.5 Å². The average molecular weight is 407 g/mol. The molecule has 0 aliphatic carbocycles. The lowest BCUT2D eigenvalue weighted by Gasteiger charge is -2.36. The molecule has 0 saturated carbocycles. The fraction of sp³-hybridized carbons (Fsp3) is 0.278. The summed E-state index contributed by atoms with van der Waals surface area (Å²) in [5.74, 6) is -0.701. The summed E-state index contributed by atoms with van der Waals surface area (Å²) < 4.78 is 27.1. The van der Waals surface area contributed by atoms with E-state index in [1.165, 1.54) is 10.4 Å². The molecule has 5 N–H and O–H groups in total. The number of nitrogens with zero attached hydrogens (tertiary/aromatic N) is 2. The van der Waals surface area contributed by atoms with Crippen LogP contribution in [0.1, 0.15) is 15.9 Å². The van der Waals surface area contributed by atoms with E-state index in [1.54, 1.807) is 41.9 Å². The number of carbonyl (C=O) groups is 1. The van der Waals surface area contributed by atoms with E-state index in [9.17, 15) is 13.2 Å². The van der Waals surface area contributed by atoms with E-state index in [4.69, 9.17) is 10.4 Å². The van der Waals surface area contributed by atoms with Gasteiger partial charge in [-0.3, -0.25) is 10.0 Å². The van der Waals surface area contributed by atoms with Gasteiger partial charge in [0.1, 0.15) is 0 Å². The number of amides is 1. The van der Waals surface area contributed by atoms with E-state index in [1.807, 2.05) is 11.8 Å². The van der Waals surface area contributed by atoms with E-state index < -0.39 is 15.9 Å². The second-order valence-electron chi connectivity index (χ2n) is 6.55. The molecule has 150 valence electrons. The zero-order valence-electron chi connectivity index (χ0n) is 15.4. The van der Waals surface area contributed by atoms with Crippen LogP contribution in [-0.2, 0) is 10.0 Å². The van der Waals surface area contributed by atoms with E-state index in [0.717, 1.165) is 11.0 Å². The summed E-state index contributed by atoms with van der Waals surface area (Å²) in [4.78, 5) is 14.1. The summed E-state index contributed by atoms with van der Waals surface area (Å²) in [6.45, 7) is 3.21. The van der Waals surface area contributed by atoms with Crippen molar-refractivity contribution in [1.82, 2.24) is 9.79 Å². The zero-order chi connectivity index (χ0) is 20.3. The summed E-state index contributed by atoms with van der Waals surface area (Å²) >= 11 is 0. The number of aryl methyl sites for hydroxylation is 1. The highest BCUT2D eigenvalue weighted by Crippen LogP contribution is 2.26. The molecule has 10 heteroatoms. The molecule has 0 atom stereocenters. The quantitative estimate of drug-likeness (QED) is 0.319. The van der Waals surface area contributed by atoms with Gasteiger partial charge in [-0.1, -0.05) is 17.7 Å². The Morgan fingerprint density at radius 2 is 1.71 bits per heavy atom. The minimum absolute atomic E-state index is 0.195. The Kier molecular flexibility index (Phi) is 5.96. The average Bonchev–Trinajstić information content (AvgIpc) is 2.73. The molecule has 9 nitrogen and oxygen atoms in total. The van der Waals surface area contributed by atoms with Gasteiger partial charge in [0, 0.05) is 38.3 Å². The predicted molar refractivity (Wildman–Crippen MR) is 101 cm³/mol. The van der Waals surface area contributed by atoms with Crippen LogP contribution in [0.25, 0.3) is 0 Å². The molecule has 0 aromatic heterocycles. The second kappa shape index (κ2) is 8.25. The molecular formula is C18H23N4O5S+. The van der Waals surface area contributed by atoms with Crippen LogP contribution in [0, 0.1) is 6.92 Å². The first-order valence-corrected chi connectivity index (χ1v) is 10.2. The second-order valence-corrected chi connectivity index (χ2v) is 8.49. The molecular weight excluding hydrogens is 384 g/mol. The van der Waals surface area contributed by atoms with Crippen LogP contribution in [0.5, 0.6) is 0 Å². The molecule has 1 fully saturated rings. The molecule has 3 rings (SSSR count).